The quantitative estimate of drug-likeness (QED) is 0.272. The lowest BCUT2D eigenvalue weighted by atomic mass is 9.89. The molecule has 1 atom stereocenters. The van der Waals surface area contributed by atoms with Gasteiger partial charge in [0.1, 0.15) is 6.04 Å². The summed E-state index contributed by atoms with van der Waals surface area (Å²) < 4.78 is 19.7. The topological polar surface area (TPSA) is 117 Å². The summed E-state index contributed by atoms with van der Waals surface area (Å²) in [6.07, 6.45) is 6.49. The van der Waals surface area contributed by atoms with Gasteiger partial charge >= 0.3 is 17.2 Å². The van der Waals surface area contributed by atoms with Gasteiger partial charge in [-0.3, -0.25) is 14.5 Å². The highest BCUT2D eigenvalue weighted by atomic mass is 32.2. The van der Waals surface area contributed by atoms with E-state index in [4.69, 9.17) is 24.7 Å². The molecule has 1 saturated carbocycles. The molecular weight excluding hydrogens is 436 g/mol. The number of nitrogens with two attached hydrogens (primary N) is 1. The first-order chi connectivity index (χ1) is 15.3. The Kier molecular flexibility index (Phi) is 11.8. The molecule has 1 heterocycles. The lowest BCUT2D eigenvalue weighted by molar-refractivity contribution is -0.157. The van der Waals surface area contributed by atoms with Crippen molar-refractivity contribution in [2.75, 3.05) is 46.2 Å². The van der Waals surface area contributed by atoms with E-state index in [2.05, 4.69) is 4.90 Å². The summed E-state index contributed by atoms with van der Waals surface area (Å²) in [6, 6.07) is -0.996. The molecule has 1 aliphatic heterocycles. The Labute approximate surface area is 195 Å². The van der Waals surface area contributed by atoms with E-state index >= 15 is 0 Å². The van der Waals surface area contributed by atoms with Crippen molar-refractivity contribution in [3.8, 4) is 0 Å². The fourth-order valence-corrected chi connectivity index (χ4v) is 4.47. The van der Waals surface area contributed by atoms with Gasteiger partial charge in [-0.15, -0.1) is 0 Å². The molecule has 10 heteroatoms. The van der Waals surface area contributed by atoms with E-state index in [1.807, 2.05) is 0 Å². The van der Waals surface area contributed by atoms with Gasteiger partial charge in [-0.1, -0.05) is 19.3 Å². The molecule has 1 aliphatic carbocycles. The van der Waals surface area contributed by atoms with Crippen LogP contribution in [0.2, 0.25) is 0 Å². The maximum absolute atomic E-state index is 12.3. The predicted molar refractivity (Wildman–Crippen MR) is 121 cm³/mol. The number of carbonyl (C=O) groups excluding carboxylic acids is 3. The van der Waals surface area contributed by atoms with Crippen molar-refractivity contribution in [1.29, 1.82) is 0 Å². The monoisotopic (exact) mass is 474 g/mol. The van der Waals surface area contributed by atoms with Crippen molar-refractivity contribution >= 4 is 29.0 Å². The second kappa shape index (κ2) is 14.0. The highest BCUT2D eigenvalue weighted by Crippen LogP contribution is 2.30. The Bertz CT molecular complexity index is 605. The molecule has 9 nitrogen and oxygen atoms in total. The fraction of sp³-hybridized carbons (Fsp3) is 0.864. The first-order valence-corrected chi connectivity index (χ1v) is 12.4. The SMILES string of the molecule is CC(C)(SC(=O)OCOC(=O)C1CCCCC1)[C@@H](N)C(=O)OCCCCN1CCOCC1. The summed E-state index contributed by atoms with van der Waals surface area (Å²) in [7, 11) is 0. The third-order valence-corrected chi connectivity index (χ3v) is 6.95. The number of unbranched alkanes of at least 4 members (excludes halogenated alkanes) is 1. The smallest absolute Gasteiger partial charge is 0.370 e. The van der Waals surface area contributed by atoms with Gasteiger partial charge in [0.05, 0.1) is 25.7 Å². The van der Waals surface area contributed by atoms with Gasteiger partial charge < -0.3 is 24.7 Å². The Morgan fingerprint density at radius 1 is 1.06 bits per heavy atom. The van der Waals surface area contributed by atoms with Gasteiger partial charge in [-0.05, 0) is 57.8 Å². The van der Waals surface area contributed by atoms with E-state index in [-0.39, 0.29) is 11.9 Å². The van der Waals surface area contributed by atoms with Crippen LogP contribution in [0.5, 0.6) is 0 Å². The average Bonchev–Trinajstić information content (AvgIpc) is 2.79. The lowest BCUT2D eigenvalue weighted by Gasteiger charge is -2.28. The van der Waals surface area contributed by atoms with Crippen LogP contribution in [0.15, 0.2) is 0 Å². The van der Waals surface area contributed by atoms with Gasteiger partial charge in [-0.2, -0.15) is 0 Å². The van der Waals surface area contributed by atoms with Crippen molar-refractivity contribution in [2.45, 2.75) is 69.6 Å². The summed E-state index contributed by atoms with van der Waals surface area (Å²) in [6.45, 7) is 7.57. The maximum Gasteiger partial charge on any atom is 0.370 e. The molecule has 2 rings (SSSR count). The number of ether oxygens (including phenoxy) is 4. The van der Waals surface area contributed by atoms with Crippen LogP contribution >= 0.6 is 11.8 Å². The highest BCUT2D eigenvalue weighted by Gasteiger charge is 2.37. The van der Waals surface area contributed by atoms with E-state index in [9.17, 15) is 14.4 Å². The van der Waals surface area contributed by atoms with E-state index in [1.165, 1.54) is 0 Å². The molecule has 2 aliphatic rings. The van der Waals surface area contributed by atoms with Gasteiger partial charge in [0, 0.05) is 17.8 Å². The molecule has 32 heavy (non-hydrogen) atoms. The molecule has 0 aromatic rings. The molecule has 0 radical (unpaired) electrons. The minimum absolute atomic E-state index is 0.108. The van der Waals surface area contributed by atoms with Crippen molar-refractivity contribution in [3.05, 3.63) is 0 Å². The van der Waals surface area contributed by atoms with Crippen molar-refractivity contribution in [3.63, 3.8) is 0 Å². The van der Waals surface area contributed by atoms with E-state index in [0.29, 0.717) is 6.61 Å². The van der Waals surface area contributed by atoms with Crippen LogP contribution in [-0.4, -0.2) is 79.2 Å². The number of rotatable bonds is 11. The minimum atomic E-state index is -0.996. The van der Waals surface area contributed by atoms with Crippen LogP contribution in [0.25, 0.3) is 0 Å². The number of hydrogen-bond acceptors (Lipinski definition) is 10. The largest absolute Gasteiger partial charge is 0.464 e. The number of esters is 2. The summed E-state index contributed by atoms with van der Waals surface area (Å²) in [4.78, 5) is 38.7. The van der Waals surface area contributed by atoms with Gasteiger partial charge in [0.2, 0.25) is 6.79 Å². The average molecular weight is 475 g/mol. The predicted octanol–water partition coefficient (Wildman–Crippen LogP) is 2.70. The molecule has 2 fully saturated rings. The number of hydrogen-bond donors (Lipinski definition) is 1. The maximum atomic E-state index is 12.3. The first-order valence-electron chi connectivity index (χ1n) is 11.5. The Morgan fingerprint density at radius 2 is 1.75 bits per heavy atom. The number of carbonyl (C=O) groups is 3. The number of nitrogens with zero attached hydrogens (tertiary/aromatic N) is 1. The standard InChI is InChI=1S/C22H38N2O7S/c1-22(2,32-21(27)31-16-30-19(25)17-8-4-3-5-9-17)18(23)20(26)29-13-7-6-10-24-11-14-28-15-12-24/h17-18H,3-16,23H2,1-2H3/t18-/m0/s1. The summed E-state index contributed by atoms with van der Waals surface area (Å²) in [5.41, 5.74) is 6.04. The first kappa shape index (κ1) is 26.9. The molecule has 184 valence electrons. The molecule has 0 bridgehead atoms. The number of morpholine rings is 1. The summed E-state index contributed by atoms with van der Waals surface area (Å²) >= 11 is 0.791. The van der Waals surface area contributed by atoms with Crippen LogP contribution in [0.3, 0.4) is 0 Å². The molecule has 1 saturated heterocycles. The van der Waals surface area contributed by atoms with E-state index in [0.717, 1.165) is 89.6 Å². The lowest BCUT2D eigenvalue weighted by Crippen LogP contribution is -2.48. The van der Waals surface area contributed by atoms with Gasteiger partial charge in [-0.25, -0.2) is 4.79 Å². The molecule has 0 aromatic carbocycles. The van der Waals surface area contributed by atoms with Crippen molar-refractivity contribution in [1.82, 2.24) is 4.90 Å². The van der Waals surface area contributed by atoms with Crippen LogP contribution in [0.1, 0.15) is 58.8 Å². The van der Waals surface area contributed by atoms with Crippen LogP contribution < -0.4 is 5.73 Å². The highest BCUT2D eigenvalue weighted by molar-refractivity contribution is 8.14. The Morgan fingerprint density at radius 3 is 2.44 bits per heavy atom. The van der Waals surface area contributed by atoms with Crippen LogP contribution in [-0.2, 0) is 28.5 Å². The third-order valence-electron chi connectivity index (χ3n) is 5.88. The van der Waals surface area contributed by atoms with Crippen LogP contribution in [0.4, 0.5) is 4.79 Å². The van der Waals surface area contributed by atoms with E-state index < -0.39 is 28.9 Å². The second-order valence-electron chi connectivity index (χ2n) is 8.82. The normalized spacial score (nSPS) is 19.2. The summed E-state index contributed by atoms with van der Waals surface area (Å²) in [5.74, 6) is -0.982. The molecule has 2 N–H and O–H groups in total. The molecule has 0 spiro atoms. The Hall–Kier alpha value is -1.36. The molecule has 0 amide bonds. The zero-order valence-corrected chi connectivity index (χ0v) is 20.2. The van der Waals surface area contributed by atoms with Crippen molar-refractivity contribution in [2.24, 2.45) is 11.7 Å². The zero-order valence-electron chi connectivity index (χ0n) is 19.3. The Balaban J connectivity index is 1.59. The van der Waals surface area contributed by atoms with E-state index in [1.54, 1.807) is 13.8 Å². The molecule has 0 aromatic heterocycles. The van der Waals surface area contributed by atoms with Crippen LogP contribution in [0, 0.1) is 5.92 Å². The van der Waals surface area contributed by atoms with Gasteiger partial charge in [0.15, 0.2) is 0 Å². The van der Waals surface area contributed by atoms with Gasteiger partial charge in [0.25, 0.3) is 0 Å². The third kappa shape index (κ3) is 9.64. The zero-order chi connectivity index (χ0) is 23.4. The molecular formula is C22H38N2O7S. The second-order valence-corrected chi connectivity index (χ2v) is 10.4. The molecule has 0 unspecified atom stereocenters. The fourth-order valence-electron chi connectivity index (χ4n) is 3.71. The number of thioether (sulfide) groups is 1. The minimum Gasteiger partial charge on any atom is -0.464 e. The summed E-state index contributed by atoms with van der Waals surface area (Å²) in [5, 5.41) is -0.653. The van der Waals surface area contributed by atoms with Crippen molar-refractivity contribution < 1.29 is 33.3 Å².